The van der Waals surface area contributed by atoms with Gasteiger partial charge in [-0.2, -0.15) is 0 Å². The first-order valence-electron chi connectivity index (χ1n) is 28.1. The molecule has 84 heavy (non-hydrogen) atoms. The van der Waals surface area contributed by atoms with Crippen molar-refractivity contribution in [3.05, 3.63) is 277 Å². The van der Waals surface area contributed by atoms with Crippen molar-refractivity contribution in [2.75, 3.05) is 23.0 Å². The van der Waals surface area contributed by atoms with E-state index in [1.807, 2.05) is 72.8 Å². The third-order valence-electron chi connectivity index (χ3n) is 15.0. The van der Waals surface area contributed by atoms with Crippen LogP contribution in [0.15, 0.2) is 243 Å². The minimum atomic E-state index is -0.384. The van der Waals surface area contributed by atoms with Gasteiger partial charge in [-0.1, -0.05) is 121 Å². The summed E-state index contributed by atoms with van der Waals surface area (Å²) in [4.78, 5) is 49.4. The molecule has 406 valence electrons. The maximum absolute atomic E-state index is 13.0. The van der Waals surface area contributed by atoms with Crippen molar-refractivity contribution in [2.24, 2.45) is 0 Å². The van der Waals surface area contributed by atoms with Crippen molar-refractivity contribution in [1.29, 1.82) is 0 Å². The van der Waals surface area contributed by atoms with Gasteiger partial charge >= 0.3 is 11.9 Å². The van der Waals surface area contributed by atoms with Gasteiger partial charge in [0.15, 0.2) is 0 Å². The molecule has 0 saturated heterocycles. The van der Waals surface area contributed by atoms with Crippen LogP contribution in [0.2, 0.25) is 0 Å². The number of anilines is 6. The van der Waals surface area contributed by atoms with Crippen LogP contribution in [-0.2, 0) is 9.47 Å². The zero-order valence-electron chi connectivity index (χ0n) is 46.2. The second-order valence-electron chi connectivity index (χ2n) is 20.2. The molecule has 0 saturated carbocycles. The number of nitrogens with zero attached hydrogens (tertiary/aromatic N) is 4. The van der Waals surface area contributed by atoms with Gasteiger partial charge in [0.05, 0.1) is 47.1 Å². The fourth-order valence-corrected chi connectivity index (χ4v) is 11.2. The topological polar surface area (TPSA) is 116 Å². The second kappa shape index (κ2) is 23.2. The van der Waals surface area contributed by atoms with Gasteiger partial charge in [-0.25, -0.2) is 19.6 Å². The Bertz CT molecular complexity index is 4080. The van der Waals surface area contributed by atoms with Crippen LogP contribution in [0.1, 0.15) is 57.3 Å². The molecule has 10 heteroatoms. The molecule has 0 radical (unpaired) electrons. The Morgan fingerprint density at radius 1 is 0.321 bits per heavy atom. The first-order chi connectivity index (χ1) is 41.4. The largest absolute Gasteiger partial charge is 0.462 e. The maximum Gasteiger partial charge on any atom is 0.338 e. The summed E-state index contributed by atoms with van der Waals surface area (Å²) in [7, 11) is 0. The molecule has 0 amide bonds. The van der Waals surface area contributed by atoms with Crippen LogP contribution in [0, 0.1) is 0 Å². The summed E-state index contributed by atoms with van der Waals surface area (Å²) >= 11 is 0. The highest BCUT2D eigenvalue weighted by atomic mass is 16.5. The molecule has 5 heterocycles. The molecule has 0 atom stereocenters. The van der Waals surface area contributed by atoms with Crippen LogP contribution in [0.25, 0.3) is 90.9 Å². The minimum absolute atomic E-state index is 0.273. The van der Waals surface area contributed by atoms with Crippen LogP contribution >= 0.6 is 0 Å². The van der Waals surface area contributed by atoms with Gasteiger partial charge in [-0.15, -0.1) is 0 Å². The lowest BCUT2D eigenvalue weighted by molar-refractivity contribution is 0.0517. The van der Waals surface area contributed by atoms with Crippen molar-refractivity contribution in [3.63, 3.8) is 0 Å². The number of benzene rings is 8. The number of carbonyl (C=O) groups excluding carboxylic acids is 2. The number of ether oxygens (including phenoxy) is 2. The molecule has 0 fully saturated rings. The van der Waals surface area contributed by atoms with E-state index in [1.54, 1.807) is 13.8 Å². The quantitative estimate of drug-likeness (QED) is 0.103. The number of rotatable bonds is 14. The summed E-state index contributed by atoms with van der Waals surface area (Å²) in [5.41, 5.74) is 20.3. The number of carbonyl (C=O) groups is 2. The Balaban J connectivity index is 1.06. The third kappa shape index (κ3) is 10.4. The van der Waals surface area contributed by atoms with Crippen molar-refractivity contribution in [1.82, 2.24) is 19.9 Å². The summed E-state index contributed by atoms with van der Waals surface area (Å²) in [6.45, 7) is 4.16. The predicted molar refractivity (Wildman–Crippen MR) is 342 cm³/mol. The van der Waals surface area contributed by atoms with Gasteiger partial charge in [0.2, 0.25) is 0 Å². The Morgan fingerprint density at radius 3 is 0.810 bits per heavy atom. The molecular formula is C74H56N6O4. The highest BCUT2D eigenvalue weighted by Crippen LogP contribution is 2.42. The van der Waals surface area contributed by atoms with Gasteiger partial charge in [0.1, 0.15) is 0 Å². The minimum Gasteiger partial charge on any atom is -0.462 e. The average molecular weight is 1090 g/mol. The molecular weight excluding hydrogens is 1040 g/mol. The van der Waals surface area contributed by atoms with Gasteiger partial charge < -0.3 is 29.2 Å². The Kier molecular flexibility index (Phi) is 14.4. The van der Waals surface area contributed by atoms with E-state index in [0.29, 0.717) is 11.1 Å². The molecule has 0 unspecified atom stereocenters. The van der Waals surface area contributed by atoms with Gasteiger partial charge in [-0.05, 0) is 182 Å². The molecule has 10 nitrogen and oxygen atoms in total. The predicted octanol–water partition coefficient (Wildman–Crippen LogP) is 18.6. The zero-order valence-corrected chi connectivity index (χ0v) is 46.2. The van der Waals surface area contributed by atoms with Crippen LogP contribution in [0.4, 0.5) is 34.1 Å². The van der Waals surface area contributed by atoms with E-state index in [4.69, 9.17) is 19.4 Å². The number of hydrogen-bond acceptors (Lipinski definition) is 8. The van der Waals surface area contributed by atoms with Gasteiger partial charge in [-0.3, -0.25) is 0 Å². The Labute approximate surface area is 487 Å². The van der Waals surface area contributed by atoms with Crippen LogP contribution in [0.3, 0.4) is 0 Å². The van der Waals surface area contributed by atoms with E-state index in [0.717, 1.165) is 123 Å². The normalized spacial score (nSPS) is 11.5. The lowest BCUT2D eigenvalue weighted by atomic mass is 10.0. The summed E-state index contributed by atoms with van der Waals surface area (Å²) in [6.07, 6.45) is 8.28. The molecule has 8 aromatic carbocycles. The first kappa shape index (κ1) is 52.3. The number of esters is 2. The van der Waals surface area contributed by atoms with Crippen molar-refractivity contribution < 1.29 is 19.1 Å². The summed E-state index contributed by atoms with van der Waals surface area (Å²) in [5.74, 6) is -0.767. The summed E-state index contributed by atoms with van der Waals surface area (Å²) in [6, 6.07) is 82.1. The Morgan fingerprint density at radius 2 is 0.560 bits per heavy atom. The number of aromatic amines is 2. The fourth-order valence-electron chi connectivity index (χ4n) is 11.2. The second-order valence-corrected chi connectivity index (χ2v) is 20.2. The van der Waals surface area contributed by atoms with E-state index in [9.17, 15) is 9.59 Å². The molecule has 2 N–H and O–H groups in total. The third-order valence-corrected chi connectivity index (χ3v) is 15.0. The van der Waals surface area contributed by atoms with E-state index in [-0.39, 0.29) is 25.2 Å². The smallest absolute Gasteiger partial charge is 0.338 e. The van der Waals surface area contributed by atoms with Gasteiger partial charge in [0, 0.05) is 78.4 Å². The number of hydrogen-bond donors (Lipinski definition) is 2. The van der Waals surface area contributed by atoms with E-state index in [1.165, 1.54) is 0 Å². The van der Waals surface area contributed by atoms with Crippen molar-refractivity contribution in [3.8, 4) is 44.5 Å². The van der Waals surface area contributed by atoms with Crippen molar-refractivity contribution >= 4 is 92.4 Å². The number of H-pyrrole nitrogens is 2. The van der Waals surface area contributed by atoms with Crippen LogP contribution in [0.5, 0.6) is 0 Å². The molecule has 0 aliphatic carbocycles. The number of aromatic nitrogens is 4. The zero-order chi connectivity index (χ0) is 56.9. The fraction of sp³-hybridized carbons (Fsp3) is 0.0541. The molecule has 8 bridgehead atoms. The number of para-hydroxylation sites is 4. The highest BCUT2D eigenvalue weighted by molar-refractivity contribution is 6.01. The summed E-state index contributed by atoms with van der Waals surface area (Å²) in [5, 5.41) is 0. The number of fused-ring (bicyclic) bond motifs is 8. The standard InChI is InChI=1S/C74H56N6O4/c1-3-83-73(81)53-29-25-49(26-30-53)69-61-41-45-65(75-61)71(51-33-37-59(38-34-51)79(55-17-9-5-10-18-55)56-19-11-6-12-20-56)67-47-43-63(77-67)70(50-27-31-54(32-28-50)74(82)84-4-2)64-44-48-68(78-64)72(66-46-42-62(69)76-66)52-35-39-60(40-36-52)80(57-21-13-7-14-22-57)58-23-15-8-16-24-58/h5-48,75,78H,3-4H2,1-2H3. The van der Waals surface area contributed by atoms with Gasteiger partial charge in [0.25, 0.3) is 0 Å². The molecule has 13 rings (SSSR count). The molecule has 2 aliphatic rings. The van der Waals surface area contributed by atoms with E-state index >= 15 is 0 Å². The lowest BCUT2D eigenvalue weighted by Gasteiger charge is -2.25. The molecule has 0 spiro atoms. The average Bonchev–Trinajstić information content (AvgIpc) is 4.57. The van der Waals surface area contributed by atoms with E-state index in [2.05, 4.69) is 214 Å². The molecule has 2 aliphatic heterocycles. The molecule has 11 aromatic rings. The maximum atomic E-state index is 13.0. The monoisotopic (exact) mass is 1090 g/mol. The lowest BCUT2D eigenvalue weighted by Crippen LogP contribution is -2.09. The van der Waals surface area contributed by atoms with Crippen molar-refractivity contribution in [2.45, 2.75) is 13.8 Å². The van der Waals surface area contributed by atoms with Crippen LogP contribution in [-0.4, -0.2) is 45.1 Å². The number of nitrogens with one attached hydrogen (secondary N) is 2. The Hall–Kier alpha value is -11.1. The van der Waals surface area contributed by atoms with E-state index < -0.39 is 0 Å². The van der Waals surface area contributed by atoms with Crippen LogP contribution < -0.4 is 9.80 Å². The highest BCUT2D eigenvalue weighted by Gasteiger charge is 2.22. The summed E-state index contributed by atoms with van der Waals surface area (Å²) < 4.78 is 10.8. The first-order valence-corrected chi connectivity index (χ1v) is 28.1. The molecule has 3 aromatic heterocycles. The SMILES string of the molecule is CCOC(=O)c1ccc(-c2c3nc(c(-c4ccc(N(c5ccccc5)c5ccccc5)cc4)c4ccc([nH]4)c(-c4ccc(C(=O)OCC)cc4)c4nc(c(-c5ccc(N(c6ccccc6)c6ccccc6)cc5)c5ccc2[nH]5)C=C4)C=C3)cc1.